The van der Waals surface area contributed by atoms with Gasteiger partial charge >= 0.3 is 0 Å². The van der Waals surface area contributed by atoms with Crippen molar-refractivity contribution in [3.05, 3.63) is 89.2 Å². The Morgan fingerprint density at radius 1 is 1.07 bits per heavy atom. The number of nitrogens with zero attached hydrogens (tertiary/aromatic N) is 2. The van der Waals surface area contributed by atoms with Crippen molar-refractivity contribution in [1.82, 2.24) is 9.88 Å². The van der Waals surface area contributed by atoms with Crippen molar-refractivity contribution in [3.8, 4) is 5.75 Å². The smallest absolute Gasteiger partial charge is 0.174 e. The SMILES string of the molecule is COc1cc(C)ccc1NC(=S)N(Cc1ccc(C(C)C)cc1)Cc1cccnc1. The van der Waals surface area contributed by atoms with E-state index in [2.05, 4.69) is 59.4 Å². The number of pyridine rings is 1. The molecule has 4 nitrogen and oxygen atoms in total. The van der Waals surface area contributed by atoms with E-state index in [4.69, 9.17) is 17.0 Å². The molecule has 0 aliphatic heterocycles. The van der Waals surface area contributed by atoms with Crippen LogP contribution in [0.15, 0.2) is 67.0 Å². The normalized spacial score (nSPS) is 10.7. The monoisotopic (exact) mass is 419 g/mol. The van der Waals surface area contributed by atoms with Gasteiger partial charge in [0.1, 0.15) is 5.75 Å². The van der Waals surface area contributed by atoms with Crippen molar-refractivity contribution in [1.29, 1.82) is 0 Å². The summed E-state index contributed by atoms with van der Waals surface area (Å²) in [5.41, 5.74) is 5.66. The zero-order valence-corrected chi connectivity index (χ0v) is 18.9. The lowest BCUT2D eigenvalue weighted by atomic mass is 10.0. The summed E-state index contributed by atoms with van der Waals surface area (Å²) in [5.74, 6) is 1.29. The molecule has 0 aliphatic rings. The number of hydrogen-bond donors (Lipinski definition) is 1. The lowest BCUT2D eigenvalue weighted by Crippen LogP contribution is -2.34. The van der Waals surface area contributed by atoms with Crippen molar-refractivity contribution in [2.45, 2.75) is 39.8 Å². The van der Waals surface area contributed by atoms with Crippen LogP contribution in [-0.4, -0.2) is 22.1 Å². The van der Waals surface area contributed by atoms with Gasteiger partial charge in [-0.2, -0.15) is 0 Å². The number of hydrogen-bond acceptors (Lipinski definition) is 3. The van der Waals surface area contributed by atoms with E-state index in [1.165, 1.54) is 11.1 Å². The van der Waals surface area contributed by atoms with Gasteiger partial charge in [-0.05, 0) is 65.5 Å². The van der Waals surface area contributed by atoms with Crippen LogP contribution in [0.1, 0.15) is 42.0 Å². The van der Waals surface area contributed by atoms with E-state index in [-0.39, 0.29) is 0 Å². The quantitative estimate of drug-likeness (QED) is 0.481. The Kier molecular flexibility index (Phi) is 7.41. The summed E-state index contributed by atoms with van der Waals surface area (Å²) in [4.78, 5) is 6.39. The average molecular weight is 420 g/mol. The molecule has 3 aromatic rings. The number of benzene rings is 2. The van der Waals surface area contributed by atoms with Crippen molar-refractivity contribution in [3.63, 3.8) is 0 Å². The molecule has 1 N–H and O–H groups in total. The molecule has 0 amide bonds. The molecular formula is C25H29N3OS. The molecule has 1 aromatic heterocycles. The highest BCUT2D eigenvalue weighted by molar-refractivity contribution is 7.80. The zero-order chi connectivity index (χ0) is 21.5. The maximum Gasteiger partial charge on any atom is 0.174 e. The lowest BCUT2D eigenvalue weighted by Gasteiger charge is -2.27. The molecule has 1 heterocycles. The van der Waals surface area contributed by atoms with Gasteiger partial charge in [0.2, 0.25) is 0 Å². The van der Waals surface area contributed by atoms with Gasteiger partial charge in [0.15, 0.2) is 5.11 Å². The Morgan fingerprint density at radius 3 is 2.43 bits per heavy atom. The van der Waals surface area contributed by atoms with Crippen molar-refractivity contribution in [2.24, 2.45) is 0 Å². The minimum absolute atomic E-state index is 0.516. The number of anilines is 1. The van der Waals surface area contributed by atoms with Crippen LogP contribution in [0.2, 0.25) is 0 Å². The van der Waals surface area contributed by atoms with Crippen LogP contribution < -0.4 is 10.1 Å². The predicted octanol–water partition coefficient (Wildman–Crippen LogP) is 5.92. The van der Waals surface area contributed by atoms with Crippen LogP contribution >= 0.6 is 12.2 Å². The average Bonchev–Trinajstić information content (AvgIpc) is 2.75. The summed E-state index contributed by atoms with van der Waals surface area (Å²) >= 11 is 5.80. The van der Waals surface area contributed by atoms with E-state index in [9.17, 15) is 0 Å². The van der Waals surface area contributed by atoms with Gasteiger partial charge in [-0.25, -0.2) is 0 Å². The number of aromatic nitrogens is 1. The fraction of sp³-hybridized carbons (Fsp3) is 0.280. The summed E-state index contributed by atoms with van der Waals surface area (Å²) in [7, 11) is 1.67. The largest absolute Gasteiger partial charge is 0.495 e. The third kappa shape index (κ3) is 5.80. The first-order valence-electron chi connectivity index (χ1n) is 10.1. The van der Waals surface area contributed by atoms with Crippen LogP contribution in [0.3, 0.4) is 0 Å². The first-order valence-corrected chi connectivity index (χ1v) is 10.6. The van der Waals surface area contributed by atoms with Gasteiger partial charge in [-0.15, -0.1) is 0 Å². The molecule has 0 spiro atoms. The van der Waals surface area contributed by atoms with Crippen LogP contribution in [-0.2, 0) is 13.1 Å². The molecule has 0 saturated heterocycles. The summed E-state index contributed by atoms with van der Waals surface area (Å²) in [6.45, 7) is 7.82. The van der Waals surface area contributed by atoms with Gasteiger partial charge in [-0.1, -0.05) is 50.2 Å². The highest BCUT2D eigenvalue weighted by Gasteiger charge is 2.14. The molecule has 0 bridgehead atoms. The van der Waals surface area contributed by atoms with E-state index >= 15 is 0 Å². The Hall–Kier alpha value is -2.92. The Bertz CT molecular complexity index is 971. The topological polar surface area (TPSA) is 37.4 Å². The molecule has 0 fully saturated rings. The van der Waals surface area contributed by atoms with Crippen LogP contribution in [0, 0.1) is 6.92 Å². The second-order valence-electron chi connectivity index (χ2n) is 7.75. The van der Waals surface area contributed by atoms with Crippen molar-refractivity contribution in [2.75, 3.05) is 12.4 Å². The van der Waals surface area contributed by atoms with Gasteiger partial charge < -0.3 is 15.0 Å². The first kappa shape index (κ1) is 21.8. The van der Waals surface area contributed by atoms with Gasteiger partial charge in [-0.3, -0.25) is 4.98 Å². The minimum atomic E-state index is 0.516. The Balaban J connectivity index is 1.82. The van der Waals surface area contributed by atoms with Crippen molar-refractivity contribution >= 4 is 23.0 Å². The minimum Gasteiger partial charge on any atom is -0.495 e. The molecule has 2 aromatic carbocycles. The zero-order valence-electron chi connectivity index (χ0n) is 18.1. The first-order chi connectivity index (χ1) is 14.5. The number of methoxy groups -OCH3 is 1. The van der Waals surface area contributed by atoms with Gasteiger partial charge in [0.05, 0.1) is 12.8 Å². The number of nitrogens with one attached hydrogen (secondary N) is 1. The van der Waals surface area contributed by atoms with Gasteiger partial charge in [0.25, 0.3) is 0 Å². The van der Waals surface area contributed by atoms with E-state index < -0.39 is 0 Å². The second kappa shape index (κ2) is 10.2. The number of thiocarbonyl (C=S) groups is 1. The maximum atomic E-state index is 5.80. The maximum absolute atomic E-state index is 5.80. The fourth-order valence-electron chi connectivity index (χ4n) is 3.24. The summed E-state index contributed by atoms with van der Waals surface area (Å²) < 4.78 is 5.53. The fourth-order valence-corrected chi connectivity index (χ4v) is 3.47. The van der Waals surface area contributed by atoms with E-state index in [0.29, 0.717) is 24.1 Å². The molecule has 30 heavy (non-hydrogen) atoms. The second-order valence-corrected chi connectivity index (χ2v) is 8.13. The molecule has 5 heteroatoms. The standard InChI is InChI=1S/C25H29N3OS/c1-18(2)22-10-8-20(9-11-22)16-28(17-21-6-5-13-26-15-21)25(30)27-23-12-7-19(3)14-24(23)29-4/h5-15,18H,16-17H2,1-4H3,(H,27,30). The summed E-state index contributed by atoms with van der Waals surface area (Å²) in [5, 5.41) is 4.02. The third-order valence-electron chi connectivity index (χ3n) is 5.00. The van der Waals surface area contributed by atoms with E-state index in [1.807, 2.05) is 37.4 Å². The summed E-state index contributed by atoms with van der Waals surface area (Å²) in [6, 6.07) is 18.8. The van der Waals surface area contributed by atoms with Crippen LogP contribution in [0.4, 0.5) is 5.69 Å². The van der Waals surface area contributed by atoms with Gasteiger partial charge in [0, 0.05) is 25.5 Å². The van der Waals surface area contributed by atoms with E-state index in [1.54, 1.807) is 13.3 Å². The number of rotatable bonds is 7. The molecular weight excluding hydrogens is 390 g/mol. The molecule has 0 saturated carbocycles. The molecule has 0 radical (unpaired) electrons. The van der Waals surface area contributed by atoms with Crippen molar-refractivity contribution < 1.29 is 4.74 Å². The lowest BCUT2D eigenvalue weighted by molar-refractivity contribution is 0.408. The molecule has 156 valence electrons. The highest BCUT2D eigenvalue weighted by Crippen LogP contribution is 2.26. The molecule has 0 atom stereocenters. The number of aryl methyl sites for hydroxylation is 1. The molecule has 3 rings (SSSR count). The van der Waals surface area contributed by atoms with E-state index in [0.717, 1.165) is 22.6 Å². The highest BCUT2D eigenvalue weighted by atomic mass is 32.1. The Morgan fingerprint density at radius 2 is 1.80 bits per heavy atom. The number of ether oxygens (including phenoxy) is 1. The van der Waals surface area contributed by atoms with Crippen LogP contribution in [0.5, 0.6) is 5.75 Å². The van der Waals surface area contributed by atoms with Crippen LogP contribution in [0.25, 0.3) is 0 Å². The summed E-state index contributed by atoms with van der Waals surface area (Å²) in [6.07, 6.45) is 3.66. The Labute approximate surface area is 184 Å². The molecule has 0 unspecified atom stereocenters. The predicted molar refractivity (Wildman–Crippen MR) is 128 cm³/mol. The third-order valence-corrected chi connectivity index (χ3v) is 5.36. The molecule has 0 aliphatic carbocycles.